The van der Waals surface area contributed by atoms with Crippen LogP contribution in [0.1, 0.15) is 17.5 Å². The molecular weight excluding hydrogens is 506 g/mol. The Balaban J connectivity index is 1.64. The van der Waals surface area contributed by atoms with Gasteiger partial charge in [0.2, 0.25) is 24.0 Å². The Morgan fingerprint density at radius 3 is 2.00 bits per heavy atom. The molecule has 0 amide bonds. The zero-order valence-electron chi connectivity index (χ0n) is 19.7. The summed E-state index contributed by atoms with van der Waals surface area (Å²) in [7, 11) is -8.00. The molecule has 0 aliphatic carbocycles. The Kier molecular flexibility index (Phi) is 7.92. The number of hydrogen-bond donors (Lipinski definition) is 1. The van der Waals surface area contributed by atoms with Crippen molar-refractivity contribution >= 4 is 36.0 Å². The van der Waals surface area contributed by atoms with Crippen molar-refractivity contribution in [2.24, 2.45) is 0 Å². The Morgan fingerprint density at radius 2 is 1.43 bits per heavy atom. The van der Waals surface area contributed by atoms with E-state index in [0.29, 0.717) is 19.8 Å². The van der Waals surface area contributed by atoms with E-state index in [1.807, 2.05) is 13.8 Å². The van der Waals surface area contributed by atoms with Gasteiger partial charge in [0.05, 0.1) is 23.0 Å². The second-order valence-corrected chi connectivity index (χ2v) is 13.5. The van der Waals surface area contributed by atoms with Gasteiger partial charge in [-0.3, -0.25) is 4.90 Å². The van der Waals surface area contributed by atoms with Crippen LogP contribution < -0.4 is 5.32 Å². The van der Waals surface area contributed by atoms with Crippen LogP contribution in [-0.2, 0) is 24.4 Å². The number of thiazole rings is 1. The average Bonchev–Trinajstić information content (AvgIpc) is 3.29. The highest BCUT2D eigenvalue weighted by Crippen LogP contribution is 2.36. The molecule has 4 rings (SSSR count). The van der Waals surface area contributed by atoms with Gasteiger partial charge in [-0.25, -0.2) is 21.8 Å². The molecule has 1 saturated heterocycles. The minimum absolute atomic E-state index is 0.0732. The predicted octanol–water partition coefficient (Wildman–Crippen LogP) is 3.56. The monoisotopic (exact) mass is 535 g/mol. The highest BCUT2D eigenvalue weighted by Gasteiger charge is 2.31. The highest BCUT2D eigenvalue weighted by molar-refractivity contribution is 7.94. The number of nitrogens with zero attached hydrogens (tertiary/aromatic N) is 2. The maximum atomic E-state index is 13.5. The van der Waals surface area contributed by atoms with Crippen molar-refractivity contribution in [3.63, 3.8) is 0 Å². The molecule has 3 aromatic rings. The van der Waals surface area contributed by atoms with E-state index < -0.39 is 19.7 Å². The Bertz CT molecular complexity index is 1360. The fourth-order valence-electron chi connectivity index (χ4n) is 3.67. The third-order valence-corrected chi connectivity index (χ3v) is 10.8. The Hall–Kier alpha value is -2.31. The molecule has 1 N–H and O–H groups in total. The molecule has 0 radical (unpaired) electrons. The zero-order chi connectivity index (χ0) is 25.1. The third kappa shape index (κ3) is 5.92. The smallest absolute Gasteiger partial charge is 0.233 e. The van der Waals surface area contributed by atoms with Crippen molar-refractivity contribution < 1.29 is 21.6 Å². The third-order valence-electron chi connectivity index (χ3n) is 5.76. The summed E-state index contributed by atoms with van der Waals surface area (Å²) in [5.41, 5.74) is 1.85. The van der Waals surface area contributed by atoms with Crippen LogP contribution in [0.5, 0.6) is 0 Å². The maximum Gasteiger partial charge on any atom is 0.233 e. The summed E-state index contributed by atoms with van der Waals surface area (Å²) in [6.07, 6.45) is 0.766. The summed E-state index contributed by atoms with van der Waals surface area (Å²) in [6, 6.07) is 12.9. The molecule has 2 aromatic carbocycles. The van der Waals surface area contributed by atoms with Crippen LogP contribution in [0, 0.1) is 13.8 Å². The van der Waals surface area contributed by atoms with Gasteiger partial charge in [0, 0.05) is 19.6 Å². The molecule has 1 aromatic heterocycles. The lowest BCUT2D eigenvalue weighted by Crippen LogP contribution is -2.37. The van der Waals surface area contributed by atoms with E-state index in [4.69, 9.17) is 4.74 Å². The number of morpholine rings is 1. The Labute approximate surface area is 210 Å². The second kappa shape index (κ2) is 10.8. The van der Waals surface area contributed by atoms with Gasteiger partial charge in [-0.15, -0.1) is 0 Å². The average molecular weight is 536 g/mol. The van der Waals surface area contributed by atoms with E-state index >= 15 is 0 Å². The molecule has 35 heavy (non-hydrogen) atoms. The van der Waals surface area contributed by atoms with E-state index in [1.165, 1.54) is 24.3 Å². The number of aromatic nitrogens is 1. The minimum Gasteiger partial charge on any atom is -0.379 e. The molecule has 1 fully saturated rings. The first-order chi connectivity index (χ1) is 16.7. The number of sulfone groups is 2. The first kappa shape index (κ1) is 25.8. The number of benzene rings is 2. The van der Waals surface area contributed by atoms with Crippen LogP contribution in [0.4, 0.5) is 5.00 Å². The molecule has 8 nitrogen and oxygen atoms in total. The summed E-state index contributed by atoms with van der Waals surface area (Å²) in [4.78, 5) is 6.61. The lowest BCUT2D eigenvalue weighted by Gasteiger charge is -2.26. The van der Waals surface area contributed by atoms with Gasteiger partial charge in [-0.05, 0) is 51.1 Å². The van der Waals surface area contributed by atoms with Crippen LogP contribution >= 0.6 is 11.3 Å². The lowest BCUT2D eigenvalue weighted by molar-refractivity contribution is 0.0378. The van der Waals surface area contributed by atoms with E-state index in [2.05, 4.69) is 15.2 Å². The lowest BCUT2D eigenvalue weighted by atomic mass is 10.2. The normalized spacial score (nSPS) is 15.3. The molecular formula is C24H29N3O5S3. The van der Waals surface area contributed by atoms with Crippen molar-refractivity contribution in [3.05, 3.63) is 59.7 Å². The number of aryl methyl sites for hydroxylation is 2. The van der Waals surface area contributed by atoms with E-state index in [0.717, 1.165) is 48.5 Å². The summed E-state index contributed by atoms with van der Waals surface area (Å²) < 4.78 is 58.6. The molecule has 2 heterocycles. The van der Waals surface area contributed by atoms with E-state index in [-0.39, 0.29) is 24.2 Å². The van der Waals surface area contributed by atoms with Gasteiger partial charge < -0.3 is 10.1 Å². The first-order valence-electron chi connectivity index (χ1n) is 11.4. The molecule has 0 unspecified atom stereocenters. The van der Waals surface area contributed by atoms with Crippen molar-refractivity contribution in [1.29, 1.82) is 0 Å². The number of ether oxygens (including phenoxy) is 1. The second-order valence-electron chi connectivity index (χ2n) is 8.48. The SMILES string of the molecule is Cc1ccc(S(=O)(=O)c2nc(S(=O)(=O)c3ccc(C)cc3)c(NCCCN3CCOCC3)s2)cc1. The van der Waals surface area contributed by atoms with E-state index in [9.17, 15) is 16.8 Å². The van der Waals surface area contributed by atoms with Gasteiger partial charge in [0.1, 0.15) is 5.00 Å². The number of hydrogen-bond acceptors (Lipinski definition) is 9. The quantitative estimate of drug-likeness (QED) is 0.415. The maximum absolute atomic E-state index is 13.5. The summed E-state index contributed by atoms with van der Waals surface area (Å²) in [6.45, 7) is 8.21. The zero-order valence-corrected chi connectivity index (χ0v) is 22.2. The fourth-order valence-corrected chi connectivity index (χ4v) is 7.99. The number of anilines is 1. The first-order valence-corrected chi connectivity index (χ1v) is 15.1. The molecule has 0 atom stereocenters. The molecule has 0 saturated carbocycles. The summed E-state index contributed by atoms with van der Waals surface area (Å²) >= 11 is 0.853. The van der Waals surface area contributed by atoms with Gasteiger partial charge in [-0.1, -0.05) is 46.7 Å². The van der Waals surface area contributed by atoms with Crippen LogP contribution in [0.15, 0.2) is 67.7 Å². The molecule has 11 heteroatoms. The largest absolute Gasteiger partial charge is 0.379 e. The van der Waals surface area contributed by atoms with Crippen molar-refractivity contribution in [1.82, 2.24) is 9.88 Å². The molecule has 1 aliphatic heterocycles. The standard InChI is InChI=1S/C24H29N3O5S3/c1-18-4-8-20(9-5-18)34(28,29)23-22(25-12-3-13-27-14-16-32-17-15-27)33-24(26-23)35(30,31)21-10-6-19(2)7-11-21/h4-11,25H,3,12-17H2,1-2H3. The van der Waals surface area contributed by atoms with Gasteiger partial charge in [0.25, 0.3) is 0 Å². The molecule has 188 valence electrons. The molecule has 0 spiro atoms. The summed E-state index contributed by atoms with van der Waals surface area (Å²) in [5, 5.41) is 3.12. The van der Waals surface area contributed by atoms with Crippen molar-refractivity contribution in [2.75, 3.05) is 44.7 Å². The fraction of sp³-hybridized carbons (Fsp3) is 0.375. The summed E-state index contributed by atoms with van der Waals surface area (Å²) in [5.74, 6) is 0. The van der Waals surface area contributed by atoms with Crippen LogP contribution in [-0.4, -0.2) is 66.1 Å². The minimum atomic E-state index is -4.03. The van der Waals surface area contributed by atoms with Crippen molar-refractivity contribution in [2.45, 2.75) is 39.4 Å². The molecule has 0 bridgehead atoms. The van der Waals surface area contributed by atoms with Crippen LogP contribution in [0.25, 0.3) is 0 Å². The van der Waals surface area contributed by atoms with Crippen molar-refractivity contribution in [3.8, 4) is 0 Å². The Morgan fingerprint density at radius 1 is 0.886 bits per heavy atom. The van der Waals surface area contributed by atoms with Crippen LogP contribution in [0.2, 0.25) is 0 Å². The highest BCUT2D eigenvalue weighted by atomic mass is 32.2. The molecule has 1 aliphatic rings. The van der Waals surface area contributed by atoms with Gasteiger partial charge in [0.15, 0.2) is 5.03 Å². The number of nitrogens with one attached hydrogen (secondary N) is 1. The topological polar surface area (TPSA) is 106 Å². The number of rotatable bonds is 9. The van der Waals surface area contributed by atoms with Gasteiger partial charge in [-0.2, -0.15) is 0 Å². The van der Waals surface area contributed by atoms with Crippen LogP contribution in [0.3, 0.4) is 0 Å². The van der Waals surface area contributed by atoms with Gasteiger partial charge >= 0.3 is 0 Å². The van der Waals surface area contributed by atoms with E-state index in [1.54, 1.807) is 24.3 Å². The predicted molar refractivity (Wildman–Crippen MR) is 136 cm³/mol.